The number of rotatable bonds is 5. The normalized spacial score (nSPS) is 17.1. The zero-order chi connectivity index (χ0) is 11.6. The van der Waals surface area contributed by atoms with Gasteiger partial charge < -0.3 is 5.32 Å². The molecule has 0 bridgehead atoms. The van der Waals surface area contributed by atoms with E-state index in [0.717, 1.165) is 23.3 Å². The molecule has 1 aliphatic rings. The van der Waals surface area contributed by atoms with Crippen LogP contribution in [0.2, 0.25) is 0 Å². The Morgan fingerprint density at radius 1 is 1.69 bits per heavy atom. The van der Waals surface area contributed by atoms with E-state index in [1.165, 1.54) is 24.2 Å². The van der Waals surface area contributed by atoms with Crippen LogP contribution in [0.1, 0.15) is 34.8 Å². The van der Waals surface area contributed by atoms with Gasteiger partial charge in [0.2, 0.25) is 0 Å². The van der Waals surface area contributed by atoms with Crippen molar-refractivity contribution in [1.29, 1.82) is 0 Å². The molecule has 1 aromatic heterocycles. The van der Waals surface area contributed by atoms with Crippen molar-refractivity contribution in [1.82, 2.24) is 10.3 Å². The van der Waals surface area contributed by atoms with Crippen molar-refractivity contribution in [2.75, 3.05) is 11.9 Å². The van der Waals surface area contributed by atoms with Crippen molar-refractivity contribution in [2.45, 2.75) is 26.2 Å². The number of hydrogen-bond acceptors (Lipinski definition) is 3. The molecule has 0 spiro atoms. The summed E-state index contributed by atoms with van der Waals surface area (Å²) in [5.41, 5.74) is 0.918. The predicted molar refractivity (Wildman–Crippen MR) is 69.3 cm³/mol. The number of carbonyl (C=O) groups excluding carboxylic acids is 1. The molecule has 1 fully saturated rings. The monoisotopic (exact) mass is 302 g/mol. The SMILES string of the molecule is Cc1nc(C(=O)NCC2(CCBr)CC2)cs1. The van der Waals surface area contributed by atoms with E-state index in [9.17, 15) is 4.79 Å². The van der Waals surface area contributed by atoms with E-state index in [1.807, 2.05) is 12.3 Å². The lowest BCUT2D eigenvalue weighted by molar-refractivity contribution is 0.0940. The number of amides is 1. The molecule has 3 nitrogen and oxygen atoms in total. The summed E-state index contributed by atoms with van der Waals surface area (Å²) >= 11 is 4.97. The highest BCUT2D eigenvalue weighted by Gasteiger charge is 2.41. The number of hydrogen-bond donors (Lipinski definition) is 1. The van der Waals surface area contributed by atoms with Gasteiger partial charge in [-0.05, 0) is 31.6 Å². The summed E-state index contributed by atoms with van der Waals surface area (Å²) in [6, 6.07) is 0. The molecular formula is C11H15BrN2OS. The molecule has 0 aliphatic heterocycles. The van der Waals surface area contributed by atoms with Gasteiger partial charge in [0.05, 0.1) is 5.01 Å². The van der Waals surface area contributed by atoms with Crippen LogP contribution in [0.4, 0.5) is 0 Å². The molecule has 1 aliphatic carbocycles. The Morgan fingerprint density at radius 3 is 2.94 bits per heavy atom. The number of aromatic nitrogens is 1. The van der Waals surface area contributed by atoms with E-state index in [1.54, 1.807) is 0 Å². The summed E-state index contributed by atoms with van der Waals surface area (Å²) in [5.74, 6) is -0.0369. The number of nitrogens with zero attached hydrogens (tertiary/aromatic N) is 1. The maximum Gasteiger partial charge on any atom is 0.270 e. The fourth-order valence-electron chi connectivity index (χ4n) is 1.72. The summed E-state index contributed by atoms with van der Waals surface area (Å²) < 4.78 is 0. The highest BCUT2D eigenvalue weighted by atomic mass is 79.9. The van der Waals surface area contributed by atoms with Crippen molar-refractivity contribution in [3.63, 3.8) is 0 Å². The number of thiazole rings is 1. The van der Waals surface area contributed by atoms with Crippen LogP contribution < -0.4 is 5.32 Å². The van der Waals surface area contributed by atoms with Gasteiger partial charge in [-0.25, -0.2) is 4.98 Å². The average molecular weight is 303 g/mol. The first-order valence-electron chi connectivity index (χ1n) is 5.41. The topological polar surface area (TPSA) is 42.0 Å². The number of carbonyl (C=O) groups is 1. The smallest absolute Gasteiger partial charge is 0.270 e. The quantitative estimate of drug-likeness (QED) is 0.850. The van der Waals surface area contributed by atoms with Crippen molar-refractivity contribution in [3.05, 3.63) is 16.1 Å². The first-order valence-corrected chi connectivity index (χ1v) is 7.42. The minimum absolute atomic E-state index is 0.0369. The van der Waals surface area contributed by atoms with Crippen LogP contribution in [0, 0.1) is 12.3 Å². The number of alkyl halides is 1. The van der Waals surface area contributed by atoms with Crippen LogP contribution in [-0.4, -0.2) is 22.8 Å². The van der Waals surface area contributed by atoms with E-state index >= 15 is 0 Å². The van der Waals surface area contributed by atoms with Gasteiger partial charge in [0.25, 0.3) is 5.91 Å². The van der Waals surface area contributed by atoms with E-state index in [-0.39, 0.29) is 5.91 Å². The number of aryl methyl sites for hydroxylation is 1. The van der Waals surface area contributed by atoms with Crippen LogP contribution in [0.15, 0.2) is 5.38 Å². The fraction of sp³-hybridized carbons (Fsp3) is 0.636. The Morgan fingerprint density at radius 2 is 2.44 bits per heavy atom. The Kier molecular flexibility index (Phi) is 3.64. The summed E-state index contributed by atoms with van der Waals surface area (Å²) in [6.07, 6.45) is 3.60. The standard InChI is InChI=1S/C11H15BrN2OS/c1-8-14-9(6-16-8)10(15)13-7-11(2-3-11)4-5-12/h6H,2-5,7H2,1H3,(H,13,15). The predicted octanol–water partition coefficient (Wildman–Crippen LogP) is 2.75. The zero-order valence-corrected chi connectivity index (χ0v) is 11.7. The Labute approximate surface area is 108 Å². The molecule has 1 N–H and O–H groups in total. The summed E-state index contributed by atoms with van der Waals surface area (Å²) in [4.78, 5) is 15.9. The van der Waals surface area contributed by atoms with Crippen molar-refractivity contribution in [3.8, 4) is 0 Å². The average Bonchev–Trinajstić information content (AvgIpc) is 2.89. The van der Waals surface area contributed by atoms with Gasteiger partial charge in [0.15, 0.2) is 0 Å². The second-order valence-corrected chi connectivity index (χ2v) is 6.23. The molecule has 2 rings (SSSR count). The highest BCUT2D eigenvalue weighted by molar-refractivity contribution is 9.09. The minimum Gasteiger partial charge on any atom is -0.350 e. The molecule has 1 aromatic rings. The lowest BCUT2D eigenvalue weighted by Gasteiger charge is -2.13. The maximum absolute atomic E-state index is 11.8. The van der Waals surface area contributed by atoms with Crippen molar-refractivity contribution in [2.24, 2.45) is 5.41 Å². The van der Waals surface area contributed by atoms with Gasteiger partial charge in [-0.1, -0.05) is 15.9 Å². The van der Waals surface area contributed by atoms with Crippen molar-refractivity contribution < 1.29 is 4.79 Å². The Balaban J connectivity index is 1.84. The van der Waals surface area contributed by atoms with Crippen LogP contribution in [0.3, 0.4) is 0 Å². The van der Waals surface area contributed by atoms with Gasteiger partial charge in [0.1, 0.15) is 5.69 Å². The number of halogens is 1. The molecule has 0 unspecified atom stereocenters. The van der Waals surface area contributed by atoms with Crippen LogP contribution >= 0.6 is 27.3 Å². The summed E-state index contributed by atoms with van der Waals surface area (Å²) in [7, 11) is 0. The van der Waals surface area contributed by atoms with E-state index in [0.29, 0.717) is 11.1 Å². The van der Waals surface area contributed by atoms with Gasteiger partial charge in [-0.15, -0.1) is 11.3 Å². The second-order valence-electron chi connectivity index (χ2n) is 4.37. The molecule has 88 valence electrons. The molecule has 0 aromatic carbocycles. The molecule has 0 saturated heterocycles. The molecule has 16 heavy (non-hydrogen) atoms. The van der Waals surface area contributed by atoms with Gasteiger partial charge >= 0.3 is 0 Å². The van der Waals surface area contributed by atoms with Crippen molar-refractivity contribution >= 4 is 33.2 Å². The lowest BCUT2D eigenvalue weighted by atomic mass is 10.0. The Hall–Kier alpha value is -0.420. The van der Waals surface area contributed by atoms with E-state index in [4.69, 9.17) is 0 Å². The molecule has 1 saturated carbocycles. The minimum atomic E-state index is -0.0369. The first-order chi connectivity index (χ1) is 7.65. The fourth-order valence-corrected chi connectivity index (χ4v) is 3.15. The van der Waals surface area contributed by atoms with Crippen LogP contribution in [0.5, 0.6) is 0 Å². The van der Waals surface area contributed by atoms with Gasteiger partial charge in [0, 0.05) is 17.3 Å². The molecule has 5 heteroatoms. The Bertz CT molecular complexity index is 387. The zero-order valence-electron chi connectivity index (χ0n) is 9.25. The van der Waals surface area contributed by atoms with Crippen LogP contribution in [-0.2, 0) is 0 Å². The van der Waals surface area contributed by atoms with Gasteiger partial charge in [-0.2, -0.15) is 0 Å². The number of nitrogens with one attached hydrogen (secondary N) is 1. The molecule has 0 atom stereocenters. The first kappa shape index (κ1) is 12.0. The van der Waals surface area contributed by atoms with Crippen LogP contribution in [0.25, 0.3) is 0 Å². The molecule has 0 radical (unpaired) electrons. The molecule has 1 amide bonds. The third-order valence-electron chi connectivity index (χ3n) is 3.06. The van der Waals surface area contributed by atoms with Gasteiger partial charge in [-0.3, -0.25) is 4.79 Å². The maximum atomic E-state index is 11.8. The summed E-state index contributed by atoms with van der Waals surface area (Å²) in [6.45, 7) is 2.70. The van der Waals surface area contributed by atoms with E-state index in [2.05, 4.69) is 26.2 Å². The second kappa shape index (κ2) is 4.84. The molecular weight excluding hydrogens is 288 g/mol. The van der Waals surface area contributed by atoms with E-state index < -0.39 is 0 Å². The highest BCUT2D eigenvalue weighted by Crippen LogP contribution is 2.48. The molecule has 1 heterocycles. The summed E-state index contributed by atoms with van der Waals surface area (Å²) in [5, 5.41) is 6.75. The largest absolute Gasteiger partial charge is 0.350 e. The lowest BCUT2D eigenvalue weighted by Crippen LogP contribution is -2.30. The third kappa shape index (κ3) is 2.83. The third-order valence-corrected chi connectivity index (χ3v) is 4.23.